The van der Waals surface area contributed by atoms with E-state index in [0.717, 1.165) is 4.47 Å². The summed E-state index contributed by atoms with van der Waals surface area (Å²) in [6.45, 7) is 3.38. The van der Waals surface area contributed by atoms with Gasteiger partial charge in [-0.05, 0) is 25.1 Å². The van der Waals surface area contributed by atoms with Crippen LogP contribution in [0.5, 0.6) is 5.75 Å². The number of nitrogens with two attached hydrogens (primary N) is 1. The van der Waals surface area contributed by atoms with E-state index >= 15 is 0 Å². The first-order valence-electron chi connectivity index (χ1n) is 5.07. The van der Waals surface area contributed by atoms with E-state index in [-0.39, 0.29) is 6.10 Å². The van der Waals surface area contributed by atoms with E-state index in [2.05, 4.69) is 15.9 Å². The first-order chi connectivity index (χ1) is 7.67. The summed E-state index contributed by atoms with van der Waals surface area (Å²) in [7, 11) is 0. The summed E-state index contributed by atoms with van der Waals surface area (Å²) in [4.78, 5) is 0. The molecule has 0 bridgehead atoms. The normalized spacial score (nSPS) is 12.5. The number of rotatable bonds is 6. The quantitative estimate of drug-likeness (QED) is 0.879. The van der Waals surface area contributed by atoms with Crippen molar-refractivity contribution in [3.8, 4) is 5.75 Å². The lowest BCUT2D eigenvalue weighted by Gasteiger charge is -2.16. The Morgan fingerprint density at radius 2 is 2.25 bits per heavy atom. The third-order valence-corrected chi connectivity index (χ3v) is 2.79. The summed E-state index contributed by atoms with van der Waals surface area (Å²) in [6.07, 6.45) is -0.0972. The van der Waals surface area contributed by atoms with Gasteiger partial charge in [-0.25, -0.2) is 0 Å². The highest BCUT2D eigenvalue weighted by molar-refractivity contribution is 9.10. The molecule has 0 radical (unpaired) electrons. The second-order valence-corrected chi connectivity index (χ2v) is 4.52. The molecule has 5 heteroatoms. The van der Waals surface area contributed by atoms with Gasteiger partial charge in [0.05, 0.1) is 5.02 Å². The first-order valence-corrected chi connectivity index (χ1v) is 6.24. The van der Waals surface area contributed by atoms with Crippen LogP contribution in [0.4, 0.5) is 0 Å². The average Bonchev–Trinajstić information content (AvgIpc) is 2.28. The minimum Gasteiger partial charge on any atom is -0.489 e. The molecule has 0 saturated carbocycles. The van der Waals surface area contributed by atoms with Gasteiger partial charge in [0.15, 0.2) is 0 Å². The lowest BCUT2D eigenvalue weighted by molar-refractivity contribution is 0.0337. The van der Waals surface area contributed by atoms with Crippen LogP contribution >= 0.6 is 27.5 Å². The van der Waals surface area contributed by atoms with Crippen LogP contribution in [-0.2, 0) is 4.74 Å². The third kappa shape index (κ3) is 4.29. The minimum absolute atomic E-state index is 0.0972. The van der Waals surface area contributed by atoms with Gasteiger partial charge in [0.1, 0.15) is 18.5 Å². The van der Waals surface area contributed by atoms with Gasteiger partial charge in [0.25, 0.3) is 0 Å². The molecule has 0 aromatic heterocycles. The molecule has 1 aromatic carbocycles. The number of ether oxygens (including phenoxy) is 2. The van der Waals surface area contributed by atoms with Crippen LogP contribution < -0.4 is 10.5 Å². The van der Waals surface area contributed by atoms with Gasteiger partial charge in [-0.1, -0.05) is 27.5 Å². The fourth-order valence-electron chi connectivity index (χ4n) is 1.19. The van der Waals surface area contributed by atoms with Crippen molar-refractivity contribution in [1.29, 1.82) is 0 Å². The lowest BCUT2D eigenvalue weighted by atomic mass is 10.3. The van der Waals surface area contributed by atoms with E-state index in [9.17, 15) is 0 Å². The second-order valence-electron chi connectivity index (χ2n) is 3.20. The number of hydrogen-bond donors (Lipinski definition) is 1. The second kappa shape index (κ2) is 7.12. The Hall–Kier alpha value is -0.290. The smallest absolute Gasteiger partial charge is 0.139 e. The summed E-state index contributed by atoms with van der Waals surface area (Å²) >= 11 is 9.34. The fraction of sp³-hybridized carbons (Fsp3) is 0.455. The summed E-state index contributed by atoms with van der Waals surface area (Å²) < 4.78 is 11.9. The summed E-state index contributed by atoms with van der Waals surface area (Å²) in [6, 6.07) is 5.46. The van der Waals surface area contributed by atoms with Crippen molar-refractivity contribution in [2.24, 2.45) is 5.73 Å². The van der Waals surface area contributed by atoms with Crippen LogP contribution in [-0.4, -0.2) is 25.9 Å². The predicted molar refractivity (Wildman–Crippen MR) is 69.1 cm³/mol. The standard InChI is InChI=1S/C11H15BrClNO2/c1-2-15-9(6-14)7-16-11-5-8(12)3-4-10(11)13/h3-5,9H,2,6-7,14H2,1H3. The Labute approximate surface area is 109 Å². The highest BCUT2D eigenvalue weighted by Crippen LogP contribution is 2.27. The topological polar surface area (TPSA) is 44.5 Å². The van der Waals surface area contributed by atoms with Crippen LogP contribution in [0.1, 0.15) is 6.92 Å². The van der Waals surface area contributed by atoms with Crippen LogP contribution in [0.25, 0.3) is 0 Å². The number of halogens is 2. The molecule has 90 valence electrons. The van der Waals surface area contributed by atoms with Crippen LogP contribution in [0.2, 0.25) is 5.02 Å². The van der Waals surface area contributed by atoms with Gasteiger partial charge in [0.2, 0.25) is 0 Å². The molecular formula is C11H15BrClNO2. The van der Waals surface area contributed by atoms with Gasteiger partial charge in [-0.15, -0.1) is 0 Å². The van der Waals surface area contributed by atoms with E-state index in [1.807, 2.05) is 19.1 Å². The molecule has 0 fully saturated rings. The molecule has 1 rings (SSSR count). The van der Waals surface area contributed by atoms with E-state index in [0.29, 0.717) is 30.5 Å². The van der Waals surface area contributed by atoms with Crippen LogP contribution in [0, 0.1) is 0 Å². The highest BCUT2D eigenvalue weighted by Gasteiger charge is 2.09. The SMILES string of the molecule is CCOC(CN)COc1cc(Br)ccc1Cl. The largest absolute Gasteiger partial charge is 0.489 e. The van der Waals surface area contributed by atoms with Crippen molar-refractivity contribution in [3.63, 3.8) is 0 Å². The average molecular weight is 309 g/mol. The van der Waals surface area contributed by atoms with Crippen LogP contribution in [0.15, 0.2) is 22.7 Å². The van der Waals surface area contributed by atoms with Gasteiger partial charge >= 0.3 is 0 Å². The zero-order chi connectivity index (χ0) is 12.0. The molecular weight excluding hydrogens is 293 g/mol. The monoisotopic (exact) mass is 307 g/mol. The molecule has 3 nitrogen and oxygen atoms in total. The van der Waals surface area contributed by atoms with E-state index in [1.54, 1.807) is 6.07 Å². The van der Waals surface area contributed by atoms with Crippen molar-refractivity contribution in [3.05, 3.63) is 27.7 Å². The molecule has 2 N–H and O–H groups in total. The van der Waals surface area contributed by atoms with Crippen molar-refractivity contribution >= 4 is 27.5 Å². The van der Waals surface area contributed by atoms with Gasteiger partial charge in [-0.2, -0.15) is 0 Å². The molecule has 1 aromatic rings. The Morgan fingerprint density at radius 1 is 1.50 bits per heavy atom. The molecule has 1 unspecified atom stereocenters. The Kier molecular flexibility index (Phi) is 6.13. The summed E-state index contributed by atoms with van der Waals surface area (Å²) in [5.74, 6) is 0.634. The minimum atomic E-state index is -0.0972. The summed E-state index contributed by atoms with van der Waals surface area (Å²) in [5.41, 5.74) is 5.54. The molecule has 0 spiro atoms. The molecule has 0 aliphatic heterocycles. The zero-order valence-electron chi connectivity index (χ0n) is 9.08. The Bertz CT molecular complexity index is 336. The summed E-state index contributed by atoms with van der Waals surface area (Å²) in [5, 5.41) is 0.579. The van der Waals surface area contributed by atoms with E-state index in [1.165, 1.54) is 0 Å². The Balaban J connectivity index is 2.55. The Morgan fingerprint density at radius 3 is 2.88 bits per heavy atom. The highest BCUT2D eigenvalue weighted by atomic mass is 79.9. The number of hydrogen-bond acceptors (Lipinski definition) is 3. The fourth-order valence-corrected chi connectivity index (χ4v) is 1.70. The van der Waals surface area contributed by atoms with Gasteiger partial charge in [0, 0.05) is 17.6 Å². The zero-order valence-corrected chi connectivity index (χ0v) is 11.4. The molecule has 0 aliphatic carbocycles. The maximum Gasteiger partial charge on any atom is 0.139 e. The molecule has 0 amide bonds. The van der Waals surface area contributed by atoms with Crippen LogP contribution in [0.3, 0.4) is 0 Å². The van der Waals surface area contributed by atoms with Gasteiger partial charge < -0.3 is 15.2 Å². The van der Waals surface area contributed by atoms with Gasteiger partial charge in [-0.3, -0.25) is 0 Å². The molecule has 1 atom stereocenters. The first kappa shape index (κ1) is 13.8. The maximum absolute atomic E-state index is 5.98. The third-order valence-electron chi connectivity index (χ3n) is 1.98. The van der Waals surface area contributed by atoms with Crippen molar-refractivity contribution in [2.45, 2.75) is 13.0 Å². The predicted octanol–water partition coefficient (Wildman–Crippen LogP) is 2.85. The van der Waals surface area contributed by atoms with Crippen molar-refractivity contribution < 1.29 is 9.47 Å². The maximum atomic E-state index is 5.98. The molecule has 16 heavy (non-hydrogen) atoms. The van der Waals surface area contributed by atoms with Crippen molar-refractivity contribution in [2.75, 3.05) is 19.8 Å². The van der Waals surface area contributed by atoms with Crippen molar-refractivity contribution in [1.82, 2.24) is 0 Å². The number of benzene rings is 1. The molecule has 0 aliphatic rings. The van der Waals surface area contributed by atoms with E-state index < -0.39 is 0 Å². The molecule has 0 saturated heterocycles. The lowest BCUT2D eigenvalue weighted by Crippen LogP contribution is -2.30. The molecule has 0 heterocycles. The van der Waals surface area contributed by atoms with E-state index in [4.69, 9.17) is 26.8 Å².